The maximum absolute atomic E-state index is 5.40. The molecule has 15 heavy (non-hydrogen) atoms. The summed E-state index contributed by atoms with van der Waals surface area (Å²) in [6, 6.07) is 1.78. The Morgan fingerprint density at radius 3 is 3.13 bits per heavy atom. The van der Waals surface area contributed by atoms with Gasteiger partial charge in [-0.3, -0.25) is 0 Å². The summed E-state index contributed by atoms with van der Waals surface area (Å²) < 4.78 is 10.5. The Labute approximate surface area is 90.3 Å². The van der Waals surface area contributed by atoms with E-state index in [0.717, 1.165) is 18.6 Å². The molecule has 4 nitrogen and oxygen atoms in total. The topological polar surface area (TPSA) is 47.3 Å². The third-order valence-electron chi connectivity index (χ3n) is 2.11. The van der Waals surface area contributed by atoms with E-state index in [9.17, 15) is 0 Å². The second kappa shape index (κ2) is 6.24. The normalized spacial score (nSPS) is 12.4. The fourth-order valence-corrected chi connectivity index (χ4v) is 1.18. The molecule has 0 amide bonds. The lowest BCUT2D eigenvalue weighted by Crippen LogP contribution is -2.12. The molecular formula is C11H18N2O2. The van der Waals surface area contributed by atoms with Crippen molar-refractivity contribution >= 4 is 0 Å². The first kappa shape index (κ1) is 11.8. The molecule has 0 saturated heterocycles. The number of likely N-dealkylation sites (N-methyl/N-ethyl adjacent to an activating group) is 1. The van der Waals surface area contributed by atoms with Crippen LogP contribution in [0.4, 0.5) is 0 Å². The molecule has 1 rings (SSSR count). The Morgan fingerprint density at radius 2 is 2.53 bits per heavy atom. The average Bonchev–Trinajstić information content (AvgIpc) is 2.69. The third-order valence-corrected chi connectivity index (χ3v) is 2.11. The Morgan fingerprint density at radius 1 is 1.73 bits per heavy atom. The zero-order valence-corrected chi connectivity index (χ0v) is 9.32. The fraction of sp³-hybridized carbons (Fsp3) is 0.545. The maximum Gasteiger partial charge on any atom is 0.254 e. The van der Waals surface area contributed by atoms with Crippen LogP contribution in [0, 0.1) is 0 Å². The van der Waals surface area contributed by atoms with Crippen molar-refractivity contribution in [3.05, 3.63) is 24.5 Å². The van der Waals surface area contributed by atoms with Crippen molar-refractivity contribution in [1.82, 2.24) is 10.5 Å². The molecule has 0 aliphatic carbocycles. The minimum atomic E-state index is -0.0129. The molecule has 1 aromatic heterocycles. The van der Waals surface area contributed by atoms with Crippen LogP contribution in [0.1, 0.15) is 31.6 Å². The highest BCUT2D eigenvalue weighted by molar-refractivity contribution is 5.17. The van der Waals surface area contributed by atoms with Crippen LogP contribution in [-0.2, 0) is 0 Å². The van der Waals surface area contributed by atoms with E-state index in [0.29, 0.717) is 12.5 Å². The number of nitrogens with zero attached hydrogens (tertiary/aromatic N) is 1. The van der Waals surface area contributed by atoms with Crippen LogP contribution in [0.5, 0.6) is 5.88 Å². The van der Waals surface area contributed by atoms with Gasteiger partial charge in [0.1, 0.15) is 0 Å². The quantitative estimate of drug-likeness (QED) is 0.554. The van der Waals surface area contributed by atoms with Gasteiger partial charge in [0.25, 0.3) is 5.88 Å². The van der Waals surface area contributed by atoms with Crippen molar-refractivity contribution in [2.45, 2.75) is 25.8 Å². The van der Waals surface area contributed by atoms with Crippen LogP contribution in [0.15, 0.2) is 23.2 Å². The summed E-state index contributed by atoms with van der Waals surface area (Å²) >= 11 is 0. The van der Waals surface area contributed by atoms with Crippen LogP contribution in [-0.4, -0.2) is 18.8 Å². The van der Waals surface area contributed by atoms with Gasteiger partial charge in [0.15, 0.2) is 5.76 Å². The highest BCUT2D eigenvalue weighted by Gasteiger charge is 2.11. The molecule has 1 N–H and O–H groups in total. The summed E-state index contributed by atoms with van der Waals surface area (Å²) in [5.41, 5.74) is 0. The number of rotatable bonds is 7. The van der Waals surface area contributed by atoms with E-state index >= 15 is 0 Å². The second-order valence-corrected chi connectivity index (χ2v) is 3.27. The van der Waals surface area contributed by atoms with Gasteiger partial charge in [-0.2, -0.15) is 0 Å². The van der Waals surface area contributed by atoms with Crippen molar-refractivity contribution < 1.29 is 9.26 Å². The van der Waals surface area contributed by atoms with Gasteiger partial charge in [-0.15, -0.1) is 6.58 Å². The van der Waals surface area contributed by atoms with Crippen molar-refractivity contribution in [2.24, 2.45) is 0 Å². The summed E-state index contributed by atoms with van der Waals surface area (Å²) in [5.74, 6) is 1.26. The minimum Gasteiger partial charge on any atom is -0.476 e. The molecule has 1 heterocycles. The Hall–Kier alpha value is -1.29. The van der Waals surface area contributed by atoms with Gasteiger partial charge < -0.3 is 14.6 Å². The number of aromatic nitrogens is 1. The summed E-state index contributed by atoms with van der Waals surface area (Å²) in [4.78, 5) is 0. The molecular weight excluding hydrogens is 192 g/mol. The van der Waals surface area contributed by atoms with Gasteiger partial charge in [-0.1, -0.05) is 19.4 Å². The largest absolute Gasteiger partial charge is 0.476 e. The number of hydrogen-bond acceptors (Lipinski definition) is 4. The molecule has 0 aliphatic rings. The molecule has 0 bridgehead atoms. The molecule has 1 aromatic rings. The minimum absolute atomic E-state index is 0.0129. The zero-order chi connectivity index (χ0) is 11.1. The highest BCUT2D eigenvalue weighted by atomic mass is 16.5. The molecule has 0 aromatic carbocycles. The van der Waals surface area contributed by atoms with Crippen molar-refractivity contribution in [1.29, 1.82) is 0 Å². The van der Waals surface area contributed by atoms with E-state index in [1.54, 1.807) is 12.1 Å². The molecule has 84 valence electrons. The van der Waals surface area contributed by atoms with Gasteiger partial charge in [-0.05, 0) is 18.6 Å². The Balaban J connectivity index is 2.51. The standard InChI is InChI=1S/C11H18N2O2/c1-4-6-7-14-11-8-10(15-13-11)9(5-2)12-3/h5,8-9,12H,2,4,6-7H2,1,3H3/t9-/m0/s1. The predicted molar refractivity (Wildman–Crippen MR) is 58.9 cm³/mol. The summed E-state index contributed by atoms with van der Waals surface area (Å²) in [7, 11) is 1.84. The maximum atomic E-state index is 5.40. The second-order valence-electron chi connectivity index (χ2n) is 3.27. The number of hydrogen-bond donors (Lipinski definition) is 1. The van der Waals surface area contributed by atoms with Crippen LogP contribution < -0.4 is 10.1 Å². The molecule has 4 heteroatoms. The summed E-state index contributed by atoms with van der Waals surface area (Å²) in [5, 5.41) is 6.86. The lowest BCUT2D eigenvalue weighted by atomic mass is 10.2. The number of unbranched alkanes of at least 4 members (excludes halogenated alkanes) is 1. The lowest BCUT2D eigenvalue weighted by molar-refractivity contribution is 0.268. The summed E-state index contributed by atoms with van der Waals surface area (Å²) in [6.45, 7) is 6.50. The first-order chi connectivity index (χ1) is 7.31. The van der Waals surface area contributed by atoms with Crippen LogP contribution in [0.3, 0.4) is 0 Å². The third kappa shape index (κ3) is 3.40. The van der Waals surface area contributed by atoms with Crippen LogP contribution >= 0.6 is 0 Å². The van der Waals surface area contributed by atoms with Crippen molar-refractivity contribution in [2.75, 3.05) is 13.7 Å². The first-order valence-electron chi connectivity index (χ1n) is 5.21. The number of nitrogens with one attached hydrogen (secondary N) is 1. The zero-order valence-electron chi connectivity index (χ0n) is 9.32. The van der Waals surface area contributed by atoms with E-state index < -0.39 is 0 Å². The molecule has 0 saturated carbocycles. The molecule has 0 aliphatic heterocycles. The van der Waals surface area contributed by atoms with Crippen LogP contribution in [0.25, 0.3) is 0 Å². The van der Waals surface area contributed by atoms with E-state index in [4.69, 9.17) is 9.26 Å². The van der Waals surface area contributed by atoms with Gasteiger partial charge in [-0.25, -0.2) is 0 Å². The van der Waals surface area contributed by atoms with Gasteiger partial charge in [0.05, 0.1) is 12.6 Å². The SMILES string of the molecule is C=C[C@H](NC)c1cc(OCCCC)no1. The number of ether oxygens (including phenoxy) is 1. The van der Waals surface area contributed by atoms with E-state index in [2.05, 4.69) is 24.0 Å². The molecule has 0 fully saturated rings. The monoisotopic (exact) mass is 210 g/mol. The molecule has 0 spiro atoms. The van der Waals surface area contributed by atoms with Crippen LogP contribution in [0.2, 0.25) is 0 Å². The fourth-order valence-electron chi connectivity index (χ4n) is 1.18. The van der Waals surface area contributed by atoms with E-state index in [-0.39, 0.29) is 6.04 Å². The van der Waals surface area contributed by atoms with E-state index in [1.165, 1.54) is 0 Å². The van der Waals surface area contributed by atoms with Crippen molar-refractivity contribution in [3.63, 3.8) is 0 Å². The van der Waals surface area contributed by atoms with Gasteiger partial charge in [0, 0.05) is 6.07 Å². The lowest BCUT2D eigenvalue weighted by Gasteiger charge is -2.04. The average molecular weight is 210 g/mol. The predicted octanol–water partition coefficient (Wildman–Crippen LogP) is 2.30. The van der Waals surface area contributed by atoms with Crippen molar-refractivity contribution in [3.8, 4) is 5.88 Å². The summed E-state index contributed by atoms with van der Waals surface area (Å²) in [6.07, 6.45) is 3.89. The van der Waals surface area contributed by atoms with E-state index in [1.807, 2.05) is 7.05 Å². The smallest absolute Gasteiger partial charge is 0.254 e. The molecule has 0 radical (unpaired) electrons. The first-order valence-corrected chi connectivity index (χ1v) is 5.21. The molecule has 0 unspecified atom stereocenters. The molecule has 1 atom stereocenters. The highest BCUT2D eigenvalue weighted by Crippen LogP contribution is 2.19. The van der Waals surface area contributed by atoms with Gasteiger partial charge >= 0.3 is 0 Å². The Bertz CT molecular complexity index is 297. The Kier molecular flexibility index (Phi) is 4.90. The van der Waals surface area contributed by atoms with Gasteiger partial charge in [0.2, 0.25) is 0 Å².